The van der Waals surface area contributed by atoms with E-state index in [1.807, 2.05) is 0 Å². The fraction of sp³-hybridized carbons (Fsp3) is 0.550. The molecule has 0 amide bonds. The number of aryl methyl sites for hydroxylation is 1. The van der Waals surface area contributed by atoms with E-state index in [-0.39, 0.29) is 0 Å². The number of hydrogen-bond donors (Lipinski definition) is 0. The van der Waals surface area contributed by atoms with Crippen LogP contribution in [0.3, 0.4) is 0 Å². The van der Waals surface area contributed by atoms with Crippen molar-refractivity contribution in [1.82, 2.24) is 14.8 Å². The van der Waals surface area contributed by atoms with E-state index in [2.05, 4.69) is 41.0 Å². The molecule has 0 bridgehead atoms. The van der Waals surface area contributed by atoms with E-state index in [4.69, 9.17) is 16.6 Å². The maximum absolute atomic E-state index is 6.67. The molecule has 0 spiro atoms. The monoisotopic (exact) mass is 343 g/mol. The predicted molar refractivity (Wildman–Crippen MR) is 101 cm³/mol. The fourth-order valence-electron chi connectivity index (χ4n) is 4.29. The zero-order valence-corrected chi connectivity index (χ0v) is 15.2. The number of aromatic nitrogens is 1. The number of rotatable bonds is 4. The van der Waals surface area contributed by atoms with Crippen molar-refractivity contribution in [3.63, 3.8) is 0 Å². The molecule has 1 aromatic carbocycles. The van der Waals surface area contributed by atoms with Gasteiger partial charge in [-0.2, -0.15) is 0 Å². The molecule has 2 fully saturated rings. The number of pyridine rings is 1. The smallest absolute Gasteiger partial charge is 0.0740 e. The van der Waals surface area contributed by atoms with E-state index in [0.29, 0.717) is 6.04 Å². The van der Waals surface area contributed by atoms with Crippen LogP contribution in [-0.2, 0) is 6.54 Å². The highest BCUT2D eigenvalue weighted by Crippen LogP contribution is 2.30. The summed E-state index contributed by atoms with van der Waals surface area (Å²) in [6.07, 6.45) is 5.33. The third-order valence-corrected chi connectivity index (χ3v) is 6.17. The molecular weight excluding hydrogens is 318 g/mol. The Hall–Kier alpha value is -1.16. The van der Waals surface area contributed by atoms with Gasteiger partial charge in [-0.15, -0.1) is 0 Å². The summed E-state index contributed by atoms with van der Waals surface area (Å²) in [5.74, 6) is 0. The maximum atomic E-state index is 6.67. The standard InChI is InChI=1S/C20H26ClN3/c1-15-17-8-2-3-9-18(17)22-19(20(15)21)14-24-12-6-7-16(24)13-23-10-4-5-11-23/h2-3,8-9,16H,4-7,10-14H2,1H3. The van der Waals surface area contributed by atoms with Gasteiger partial charge in [0.05, 0.1) is 16.2 Å². The lowest BCUT2D eigenvalue weighted by atomic mass is 10.1. The summed E-state index contributed by atoms with van der Waals surface area (Å²) >= 11 is 6.67. The second-order valence-corrected chi connectivity index (χ2v) is 7.67. The second-order valence-electron chi connectivity index (χ2n) is 7.29. The lowest BCUT2D eigenvalue weighted by Gasteiger charge is -2.28. The molecule has 0 N–H and O–H groups in total. The van der Waals surface area contributed by atoms with Crippen molar-refractivity contribution in [1.29, 1.82) is 0 Å². The average molecular weight is 344 g/mol. The summed E-state index contributed by atoms with van der Waals surface area (Å²) in [7, 11) is 0. The molecule has 24 heavy (non-hydrogen) atoms. The summed E-state index contributed by atoms with van der Waals surface area (Å²) in [6.45, 7) is 7.92. The summed E-state index contributed by atoms with van der Waals surface area (Å²) in [4.78, 5) is 10.1. The molecule has 2 aliphatic heterocycles. The minimum Gasteiger partial charge on any atom is -0.302 e. The maximum Gasteiger partial charge on any atom is 0.0740 e. The van der Waals surface area contributed by atoms with E-state index in [0.717, 1.165) is 28.3 Å². The highest BCUT2D eigenvalue weighted by molar-refractivity contribution is 6.32. The van der Waals surface area contributed by atoms with E-state index in [1.165, 1.54) is 57.2 Å². The van der Waals surface area contributed by atoms with E-state index >= 15 is 0 Å². The molecule has 0 radical (unpaired) electrons. The Bertz CT molecular complexity index is 724. The molecule has 2 aromatic rings. The molecule has 128 valence electrons. The molecular formula is C20H26ClN3. The lowest BCUT2D eigenvalue weighted by Crippen LogP contribution is -2.39. The SMILES string of the molecule is Cc1c(Cl)c(CN2CCCC2CN2CCCC2)nc2ccccc12. The fourth-order valence-corrected chi connectivity index (χ4v) is 4.49. The third-order valence-electron chi connectivity index (χ3n) is 5.67. The van der Waals surface area contributed by atoms with Crippen LogP contribution in [0.5, 0.6) is 0 Å². The van der Waals surface area contributed by atoms with Gasteiger partial charge < -0.3 is 4.90 Å². The van der Waals surface area contributed by atoms with Crippen LogP contribution in [0.25, 0.3) is 10.9 Å². The van der Waals surface area contributed by atoms with Gasteiger partial charge in [0.15, 0.2) is 0 Å². The van der Waals surface area contributed by atoms with Gasteiger partial charge in [0, 0.05) is 24.5 Å². The molecule has 3 nitrogen and oxygen atoms in total. The summed E-state index contributed by atoms with van der Waals surface area (Å²) in [6, 6.07) is 8.97. The van der Waals surface area contributed by atoms with Crippen molar-refractivity contribution < 1.29 is 0 Å². The van der Waals surface area contributed by atoms with E-state index in [1.54, 1.807) is 0 Å². The molecule has 1 aromatic heterocycles. The first-order valence-corrected chi connectivity index (χ1v) is 9.60. The average Bonchev–Trinajstić information content (AvgIpc) is 3.25. The van der Waals surface area contributed by atoms with Crippen molar-refractivity contribution in [3.8, 4) is 0 Å². The van der Waals surface area contributed by atoms with E-state index < -0.39 is 0 Å². The lowest BCUT2D eigenvalue weighted by molar-refractivity contribution is 0.184. The number of fused-ring (bicyclic) bond motifs is 1. The van der Waals surface area contributed by atoms with Crippen molar-refractivity contribution in [2.24, 2.45) is 0 Å². The Morgan fingerprint density at radius 2 is 1.92 bits per heavy atom. The summed E-state index contributed by atoms with van der Waals surface area (Å²) < 4.78 is 0. The topological polar surface area (TPSA) is 19.4 Å². The van der Waals surface area contributed by atoms with Gasteiger partial charge in [0.1, 0.15) is 0 Å². The molecule has 1 unspecified atom stereocenters. The second kappa shape index (κ2) is 6.99. The van der Waals surface area contributed by atoms with Crippen LogP contribution < -0.4 is 0 Å². The third kappa shape index (κ3) is 3.17. The van der Waals surface area contributed by atoms with Crippen molar-refractivity contribution in [2.75, 3.05) is 26.2 Å². The molecule has 3 heterocycles. The minimum atomic E-state index is 0.660. The quantitative estimate of drug-likeness (QED) is 0.827. The van der Waals surface area contributed by atoms with Gasteiger partial charge in [0.25, 0.3) is 0 Å². The van der Waals surface area contributed by atoms with Crippen LogP contribution in [0, 0.1) is 6.92 Å². The predicted octanol–water partition coefficient (Wildman–Crippen LogP) is 4.26. The number of hydrogen-bond acceptors (Lipinski definition) is 3. The molecule has 2 saturated heterocycles. The number of nitrogens with zero attached hydrogens (tertiary/aromatic N) is 3. The first-order valence-electron chi connectivity index (χ1n) is 9.22. The Morgan fingerprint density at radius 3 is 2.75 bits per heavy atom. The van der Waals surface area contributed by atoms with Gasteiger partial charge in [0.2, 0.25) is 0 Å². The zero-order chi connectivity index (χ0) is 16.5. The van der Waals surface area contributed by atoms with Gasteiger partial charge in [-0.1, -0.05) is 29.8 Å². The Balaban J connectivity index is 1.55. The van der Waals surface area contributed by atoms with Crippen LogP contribution in [0.1, 0.15) is 36.9 Å². The van der Waals surface area contributed by atoms with Crippen molar-refractivity contribution >= 4 is 22.5 Å². The first kappa shape index (κ1) is 16.3. The molecule has 1 atom stereocenters. The normalized spacial score (nSPS) is 22.7. The minimum absolute atomic E-state index is 0.660. The number of para-hydroxylation sites is 1. The van der Waals surface area contributed by atoms with Crippen LogP contribution in [-0.4, -0.2) is 47.0 Å². The van der Waals surface area contributed by atoms with Gasteiger partial charge in [-0.25, -0.2) is 4.98 Å². The van der Waals surface area contributed by atoms with Crippen LogP contribution in [0.4, 0.5) is 0 Å². The van der Waals surface area contributed by atoms with Crippen molar-refractivity contribution in [2.45, 2.75) is 45.2 Å². The van der Waals surface area contributed by atoms with Crippen molar-refractivity contribution in [3.05, 3.63) is 40.5 Å². The van der Waals surface area contributed by atoms with Gasteiger partial charge in [-0.3, -0.25) is 4.90 Å². The highest BCUT2D eigenvalue weighted by atomic mass is 35.5. The highest BCUT2D eigenvalue weighted by Gasteiger charge is 2.28. The molecule has 0 aliphatic carbocycles. The molecule has 4 heteroatoms. The van der Waals surface area contributed by atoms with Crippen LogP contribution in [0.2, 0.25) is 5.02 Å². The van der Waals surface area contributed by atoms with Gasteiger partial charge >= 0.3 is 0 Å². The Kier molecular flexibility index (Phi) is 4.75. The van der Waals surface area contributed by atoms with Crippen LogP contribution in [0.15, 0.2) is 24.3 Å². The number of benzene rings is 1. The zero-order valence-electron chi connectivity index (χ0n) is 14.5. The molecule has 4 rings (SSSR count). The number of likely N-dealkylation sites (tertiary alicyclic amines) is 2. The largest absolute Gasteiger partial charge is 0.302 e. The summed E-state index contributed by atoms with van der Waals surface area (Å²) in [5.41, 5.74) is 3.26. The Morgan fingerprint density at radius 1 is 1.12 bits per heavy atom. The molecule has 0 saturated carbocycles. The van der Waals surface area contributed by atoms with E-state index in [9.17, 15) is 0 Å². The van der Waals surface area contributed by atoms with Crippen LogP contribution >= 0.6 is 11.6 Å². The van der Waals surface area contributed by atoms with Gasteiger partial charge in [-0.05, 0) is 63.9 Å². The summed E-state index contributed by atoms with van der Waals surface area (Å²) in [5, 5.41) is 2.02. The Labute approximate surface area is 149 Å². The molecule has 2 aliphatic rings. The number of halogens is 1. The first-order chi connectivity index (χ1) is 11.7.